The first-order valence-electron chi connectivity index (χ1n) is 5.45. The van der Waals surface area contributed by atoms with Crippen molar-refractivity contribution in [1.82, 2.24) is 4.98 Å². The zero-order chi connectivity index (χ0) is 12.1. The fourth-order valence-corrected chi connectivity index (χ4v) is 1.52. The summed E-state index contributed by atoms with van der Waals surface area (Å²) in [4.78, 5) is 3.93. The summed E-state index contributed by atoms with van der Waals surface area (Å²) in [5.74, 6) is 0.284. The fourth-order valence-electron chi connectivity index (χ4n) is 1.52. The lowest BCUT2D eigenvalue weighted by atomic mass is 10.1. The van der Waals surface area contributed by atoms with E-state index in [4.69, 9.17) is 5.73 Å². The van der Waals surface area contributed by atoms with Crippen LogP contribution >= 0.6 is 0 Å². The van der Waals surface area contributed by atoms with Gasteiger partial charge in [0.25, 0.3) is 0 Å². The Morgan fingerprint density at radius 2 is 1.88 bits per heavy atom. The number of nitrogens with two attached hydrogens (primary N) is 1. The van der Waals surface area contributed by atoms with E-state index in [0.717, 1.165) is 12.1 Å². The highest BCUT2D eigenvalue weighted by Crippen LogP contribution is 2.15. The Bertz CT molecular complexity index is 465. The van der Waals surface area contributed by atoms with Crippen LogP contribution in [0, 0.1) is 5.82 Å². The minimum absolute atomic E-state index is 0.339. The van der Waals surface area contributed by atoms with E-state index in [2.05, 4.69) is 10.3 Å². The molecule has 3 nitrogen and oxygen atoms in total. The summed E-state index contributed by atoms with van der Waals surface area (Å²) in [6.07, 6.45) is 2.06. The van der Waals surface area contributed by atoms with Crippen LogP contribution in [0.25, 0.3) is 0 Å². The molecule has 0 saturated heterocycles. The van der Waals surface area contributed by atoms with E-state index in [0.29, 0.717) is 12.4 Å². The van der Waals surface area contributed by atoms with Gasteiger partial charge in [-0.1, -0.05) is 12.1 Å². The molecule has 1 heterocycles. The lowest BCUT2D eigenvalue weighted by molar-refractivity contribution is 0.622. The Hall–Kier alpha value is -1.94. The van der Waals surface area contributed by atoms with Crippen molar-refractivity contribution in [3.63, 3.8) is 0 Å². The maximum absolute atomic E-state index is 12.7. The average molecular weight is 231 g/mol. The molecule has 0 unspecified atom stereocenters. The standard InChI is InChI=1S/C13H14FN3/c14-11-3-6-13(16-9-11)17-12-4-1-10(2-5-12)7-8-15/h1-6,9H,7-8,15H2,(H,16,17). The van der Waals surface area contributed by atoms with Gasteiger partial charge in [-0.25, -0.2) is 9.37 Å². The molecule has 1 aromatic carbocycles. The van der Waals surface area contributed by atoms with Crippen LogP contribution < -0.4 is 11.1 Å². The smallest absolute Gasteiger partial charge is 0.141 e. The molecule has 0 aliphatic heterocycles. The number of hydrogen-bond acceptors (Lipinski definition) is 3. The van der Waals surface area contributed by atoms with Crippen molar-refractivity contribution in [3.8, 4) is 0 Å². The first kappa shape index (κ1) is 11.5. The Morgan fingerprint density at radius 3 is 2.47 bits per heavy atom. The van der Waals surface area contributed by atoms with Gasteiger partial charge in [-0.3, -0.25) is 0 Å². The molecule has 0 aliphatic rings. The molecule has 88 valence electrons. The number of anilines is 2. The number of rotatable bonds is 4. The van der Waals surface area contributed by atoms with Gasteiger partial charge in [0.2, 0.25) is 0 Å². The SMILES string of the molecule is NCCc1ccc(Nc2ccc(F)cn2)cc1. The maximum Gasteiger partial charge on any atom is 0.141 e. The molecular formula is C13H14FN3. The van der Waals surface area contributed by atoms with Gasteiger partial charge in [-0.05, 0) is 42.8 Å². The second kappa shape index (κ2) is 5.41. The van der Waals surface area contributed by atoms with Crippen molar-refractivity contribution < 1.29 is 4.39 Å². The summed E-state index contributed by atoms with van der Waals surface area (Å²) in [7, 11) is 0. The zero-order valence-electron chi connectivity index (χ0n) is 9.36. The third kappa shape index (κ3) is 3.26. The Labute approximate surface area is 99.5 Å². The molecule has 0 atom stereocenters. The van der Waals surface area contributed by atoms with Crippen LogP contribution in [-0.2, 0) is 6.42 Å². The van der Waals surface area contributed by atoms with Crippen LogP contribution in [0.4, 0.5) is 15.9 Å². The van der Waals surface area contributed by atoms with Crippen molar-refractivity contribution in [2.24, 2.45) is 5.73 Å². The minimum atomic E-state index is -0.339. The molecule has 0 fully saturated rings. The highest BCUT2D eigenvalue weighted by Gasteiger charge is 1.97. The average Bonchev–Trinajstić information content (AvgIpc) is 2.35. The number of nitrogens with one attached hydrogen (secondary N) is 1. The predicted octanol–water partition coefficient (Wildman–Crippen LogP) is 2.47. The quantitative estimate of drug-likeness (QED) is 0.849. The maximum atomic E-state index is 12.7. The molecule has 0 radical (unpaired) electrons. The number of halogens is 1. The molecule has 0 amide bonds. The van der Waals surface area contributed by atoms with Crippen LogP contribution in [-0.4, -0.2) is 11.5 Å². The minimum Gasteiger partial charge on any atom is -0.340 e. The molecule has 3 N–H and O–H groups in total. The first-order chi connectivity index (χ1) is 8.28. The fraction of sp³-hybridized carbons (Fsp3) is 0.154. The predicted molar refractivity (Wildman–Crippen MR) is 66.7 cm³/mol. The number of benzene rings is 1. The molecule has 2 rings (SSSR count). The van der Waals surface area contributed by atoms with Gasteiger partial charge in [0.15, 0.2) is 0 Å². The van der Waals surface area contributed by atoms with E-state index in [1.165, 1.54) is 17.8 Å². The summed E-state index contributed by atoms with van der Waals surface area (Å²) >= 11 is 0. The molecular weight excluding hydrogens is 217 g/mol. The van der Waals surface area contributed by atoms with Crippen LogP contribution in [0.1, 0.15) is 5.56 Å². The summed E-state index contributed by atoms with van der Waals surface area (Å²) in [6, 6.07) is 10.9. The lowest BCUT2D eigenvalue weighted by Crippen LogP contribution is -2.02. The van der Waals surface area contributed by atoms with E-state index in [1.54, 1.807) is 6.07 Å². The lowest BCUT2D eigenvalue weighted by Gasteiger charge is -2.06. The van der Waals surface area contributed by atoms with E-state index >= 15 is 0 Å². The van der Waals surface area contributed by atoms with Gasteiger partial charge in [0.05, 0.1) is 6.20 Å². The number of hydrogen-bond donors (Lipinski definition) is 2. The topological polar surface area (TPSA) is 50.9 Å². The zero-order valence-corrected chi connectivity index (χ0v) is 9.36. The van der Waals surface area contributed by atoms with E-state index < -0.39 is 0 Å². The van der Waals surface area contributed by atoms with Gasteiger partial charge in [-0.2, -0.15) is 0 Å². The third-order valence-electron chi connectivity index (χ3n) is 2.39. The van der Waals surface area contributed by atoms with Crippen LogP contribution in [0.2, 0.25) is 0 Å². The Kier molecular flexibility index (Phi) is 3.67. The summed E-state index contributed by atoms with van der Waals surface area (Å²) < 4.78 is 12.7. The van der Waals surface area contributed by atoms with Crippen molar-refractivity contribution >= 4 is 11.5 Å². The Morgan fingerprint density at radius 1 is 1.12 bits per heavy atom. The van der Waals surface area contributed by atoms with Gasteiger partial charge in [0, 0.05) is 5.69 Å². The molecule has 0 saturated carbocycles. The van der Waals surface area contributed by atoms with Gasteiger partial charge >= 0.3 is 0 Å². The van der Waals surface area contributed by atoms with Gasteiger partial charge in [0.1, 0.15) is 11.6 Å². The van der Waals surface area contributed by atoms with Crippen molar-refractivity contribution in [2.75, 3.05) is 11.9 Å². The van der Waals surface area contributed by atoms with Crippen molar-refractivity contribution in [2.45, 2.75) is 6.42 Å². The van der Waals surface area contributed by atoms with Crippen LogP contribution in [0.5, 0.6) is 0 Å². The summed E-state index contributed by atoms with van der Waals surface area (Å²) in [5.41, 5.74) is 7.60. The second-order valence-electron chi connectivity index (χ2n) is 3.72. The van der Waals surface area contributed by atoms with Crippen molar-refractivity contribution in [1.29, 1.82) is 0 Å². The highest BCUT2D eigenvalue weighted by atomic mass is 19.1. The normalized spacial score (nSPS) is 10.2. The second-order valence-corrected chi connectivity index (χ2v) is 3.72. The van der Waals surface area contributed by atoms with E-state index in [1.807, 2.05) is 24.3 Å². The molecule has 0 aliphatic carbocycles. The van der Waals surface area contributed by atoms with E-state index in [9.17, 15) is 4.39 Å². The van der Waals surface area contributed by atoms with Gasteiger partial charge in [-0.15, -0.1) is 0 Å². The van der Waals surface area contributed by atoms with Crippen LogP contribution in [0.15, 0.2) is 42.6 Å². The molecule has 4 heteroatoms. The first-order valence-corrected chi connectivity index (χ1v) is 5.45. The highest BCUT2D eigenvalue weighted by molar-refractivity contribution is 5.56. The Balaban J connectivity index is 2.05. The van der Waals surface area contributed by atoms with Gasteiger partial charge < -0.3 is 11.1 Å². The molecule has 0 spiro atoms. The molecule has 0 bridgehead atoms. The summed E-state index contributed by atoms with van der Waals surface area (Å²) in [5, 5.41) is 3.09. The van der Waals surface area contributed by atoms with E-state index in [-0.39, 0.29) is 5.82 Å². The molecule has 1 aromatic heterocycles. The number of nitrogens with zero attached hydrogens (tertiary/aromatic N) is 1. The third-order valence-corrected chi connectivity index (χ3v) is 2.39. The molecule has 2 aromatic rings. The van der Waals surface area contributed by atoms with Crippen LogP contribution in [0.3, 0.4) is 0 Å². The number of pyridine rings is 1. The molecule has 17 heavy (non-hydrogen) atoms. The van der Waals surface area contributed by atoms with Crippen molar-refractivity contribution in [3.05, 3.63) is 54.0 Å². The summed E-state index contributed by atoms with van der Waals surface area (Å²) in [6.45, 7) is 0.645. The monoisotopic (exact) mass is 231 g/mol. The largest absolute Gasteiger partial charge is 0.340 e. The number of aromatic nitrogens is 1.